The van der Waals surface area contributed by atoms with E-state index in [1.54, 1.807) is 6.92 Å². The van der Waals surface area contributed by atoms with Crippen molar-refractivity contribution in [2.24, 2.45) is 0 Å². The molecule has 86 valence electrons. The minimum Gasteiger partial charge on any atom is -0.349 e. The highest BCUT2D eigenvalue weighted by molar-refractivity contribution is 5.90. The average Bonchev–Trinajstić information content (AvgIpc) is 2.89. The van der Waals surface area contributed by atoms with Gasteiger partial charge in [0, 0.05) is 6.54 Å². The zero-order valence-corrected chi connectivity index (χ0v) is 9.42. The topological polar surface area (TPSA) is 70.7 Å². The van der Waals surface area contributed by atoms with E-state index in [9.17, 15) is 4.79 Å². The first kappa shape index (κ1) is 10.9. The van der Waals surface area contributed by atoms with Gasteiger partial charge in [0.1, 0.15) is 5.82 Å². The number of hydrogen-bond acceptors (Lipinski definition) is 3. The van der Waals surface area contributed by atoms with E-state index >= 15 is 0 Å². The van der Waals surface area contributed by atoms with Crippen LogP contribution in [0.2, 0.25) is 0 Å². The maximum Gasteiger partial charge on any atom is 0.290 e. The Balaban J connectivity index is 1.75. The quantitative estimate of drug-likeness (QED) is 0.752. The number of aromatic nitrogens is 3. The van der Waals surface area contributed by atoms with Crippen LogP contribution in [0.3, 0.4) is 0 Å². The molecular weight excluding hydrogens is 204 g/mol. The summed E-state index contributed by atoms with van der Waals surface area (Å²) >= 11 is 0. The van der Waals surface area contributed by atoms with Crippen LogP contribution in [0.25, 0.3) is 0 Å². The van der Waals surface area contributed by atoms with Crippen molar-refractivity contribution in [1.82, 2.24) is 20.5 Å². The van der Waals surface area contributed by atoms with Crippen molar-refractivity contribution < 1.29 is 4.79 Å². The van der Waals surface area contributed by atoms with Crippen LogP contribution >= 0.6 is 0 Å². The number of nitrogens with zero attached hydrogens (tertiary/aromatic N) is 2. The van der Waals surface area contributed by atoms with Gasteiger partial charge in [0.25, 0.3) is 5.91 Å². The molecule has 1 aromatic heterocycles. The molecule has 16 heavy (non-hydrogen) atoms. The molecule has 0 saturated carbocycles. The summed E-state index contributed by atoms with van der Waals surface area (Å²) in [5, 5.41) is 9.27. The van der Waals surface area contributed by atoms with E-state index < -0.39 is 0 Å². The highest BCUT2D eigenvalue weighted by Crippen LogP contribution is 2.19. The van der Waals surface area contributed by atoms with Crippen LogP contribution in [0.4, 0.5) is 0 Å². The van der Waals surface area contributed by atoms with E-state index in [1.807, 2.05) is 0 Å². The van der Waals surface area contributed by atoms with Crippen molar-refractivity contribution in [2.75, 3.05) is 6.54 Å². The number of hydrogen-bond donors (Lipinski definition) is 2. The first-order chi connectivity index (χ1) is 7.75. The molecule has 1 aliphatic carbocycles. The molecule has 0 fully saturated rings. The largest absolute Gasteiger partial charge is 0.349 e. The second-order valence-corrected chi connectivity index (χ2v) is 4.00. The van der Waals surface area contributed by atoms with E-state index in [1.165, 1.54) is 24.8 Å². The van der Waals surface area contributed by atoms with Gasteiger partial charge in [-0.3, -0.25) is 9.89 Å². The highest BCUT2D eigenvalue weighted by Gasteiger charge is 2.10. The second-order valence-electron chi connectivity index (χ2n) is 4.00. The molecule has 0 atom stereocenters. The third kappa shape index (κ3) is 2.68. The predicted molar refractivity (Wildman–Crippen MR) is 60.0 cm³/mol. The van der Waals surface area contributed by atoms with Gasteiger partial charge in [-0.25, -0.2) is 4.98 Å². The van der Waals surface area contributed by atoms with E-state index in [0.717, 1.165) is 6.42 Å². The molecule has 0 aromatic carbocycles. The van der Waals surface area contributed by atoms with Crippen LogP contribution in [0.1, 0.15) is 42.1 Å². The Morgan fingerprint density at radius 2 is 2.50 bits per heavy atom. The van der Waals surface area contributed by atoms with Crippen LogP contribution in [0.15, 0.2) is 11.6 Å². The first-order valence-electron chi connectivity index (χ1n) is 5.61. The number of amides is 1. The van der Waals surface area contributed by atoms with Gasteiger partial charge >= 0.3 is 0 Å². The zero-order valence-electron chi connectivity index (χ0n) is 9.42. The number of carbonyl (C=O) groups excluding carboxylic acids is 1. The monoisotopic (exact) mass is 220 g/mol. The Morgan fingerprint density at radius 3 is 3.12 bits per heavy atom. The van der Waals surface area contributed by atoms with Gasteiger partial charge in [-0.1, -0.05) is 11.6 Å². The lowest BCUT2D eigenvalue weighted by molar-refractivity contribution is 0.0944. The number of nitrogens with one attached hydrogen (secondary N) is 2. The molecule has 2 rings (SSSR count). The van der Waals surface area contributed by atoms with Crippen LogP contribution < -0.4 is 5.32 Å². The van der Waals surface area contributed by atoms with Gasteiger partial charge in [0.15, 0.2) is 0 Å². The predicted octanol–water partition coefficient (Wildman–Crippen LogP) is 1.34. The van der Waals surface area contributed by atoms with Gasteiger partial charge in [-0.15, -0.1) is 5.10 Å². The maximum absolute atomic E-state index is 11.6. The molecule has 0 bridgehead atoms. The molecule has 0 radical (unpaired) electrons. The molecule has 0 aliphatic heterocycles. The van der Waals surface area contributed by atoms with Crippen molar-refractivity contribution in [3.63, 3.8) is 0 Å². The highest BCUT2D eigenvalue weighted by atomic mass is 16.2. The summed E-state index contributed by atoms with van der Waals surface area (Å²) in [6.45, 7) is 2.44. The third-order valence-corrected chi connectivity index (χ3v) is 2.67. The molecule has 1 aliphatic rings. The molecule has 5 nitrogen and oxygen atoms in total. The summed E-state index contributed by atoms with van der Waals surface area (Å²) < 4.78 is 0. The van der Waals surface area contributed by atoms with E-state index in [-0.39, 0.29) is 11.7 Å². The van der Waals surface area contributed by atoms with Crippen LogP contribution in [0, 0.1) is 6.92 Å². The van der Waals surface area contributed by atoms with Gasteiger partial charge < -0.3 is 5.32 Å². The van der Waals surface area contributed by atoms with Crippen molar-refractivity contribution in [3.8, 4) is 0 Å². The van der Waals surface area contributed by atoms with E-state index in [0.29, 0.717) is 12.4 Å². The van der Waals surface area contributed by atoms with Crippen molar-refractivity contribution >= 4 is 5.91 Å². The summed E-state index contributed by atoms with van der Waals surface area (Å²) in [5.74, 6) is 0.671. The van der Waals surface area contributed by atoms with Crippen LogP contribution in [-0.4, -0.2) is 27.6 Å². The number of H-pyrrole nitrogens is 1. The molecule has 1 heterocycles. The number of carbonyl (C=O) groups is 1. The van der Waals surface area contributed by atoms with E-state index in [2.05, 4.69) is 26.6 Å². The molecule has 0 unspecified atom stereocenters. The molecule has 2 N–H and O–H groups in total. The number of aryl methyl sites for hydroxylation is 1. The molecule has 0 spiro atoms. The Bertz CT molecular complexity index is 408. The lowest BCUT2D eigenvalue weighted by atomic mass is 10.2. The lowest BCUT2D eigenvalue weighted by Crippen LogP contribution is -2.25. The van der Waals surface area contributed by atoms with Crippen molar-refractivity contribution in [3.05, 3.63) is 23.3 Å². The van der Waals surface area contributed by atoms with Gasteiger partial charge in [-0.05, 0) is 32.6 Å². The Morgan fingerprint density at radius 1 is 1.62 bits per heavy atom. The van der Waals surface area contributed by atoms with Crippen molar-refractivity contribution in [1.29, 1.82) is 0 Å². The van der Waals surface area contributed by atoms with Gasteiger partial charge in [0.2, 0.25) is 5.82 Å². The Labute approximate surface area is 94.3 Å². The molecule has 5 heteroatoms. The Kier molecular flexibility index (Phi) is 3.34. The van der Waals surface area contributed by atoms with Crippen LogP contribution in [-0.2, 0) is 0 Å². The van der Waals surface area contributed by atoms with Crippen LogP contribution in [0.5, 0.6) is 0 Å². The average molecular weight is 220 g/mol. The molecule has 1 amide bonds. The normalized spacial score (nSPS) is 14.9. The summed E-state index contributed by atoms with van der Waals surface area (Å²) in [6, 6.07) is 0. The fourth-order valence-corrected chi connectivity index (χ4v) is 1.82. The fourth-order valence-electron chi connectivity index (χ4n) is 1.82. The maximum atomic E-state index is 11.6. The number of rotatable bonds is 4. The third-order valence-electron chi connectivity index (χ3n) is 2.67. The minimum atomic E-state index is -0.206. The van der Waals surface area contributed by atoms with Gasteiger partial charge in [-0.2, -0.15) is 0 Å². The lowest BCUT2D eigenvalue weighted by Gasteiger charge is -2.02. The summed E-state index contributed by atoms with van der Waals surface area (Å²) in [7, 11) is 0. The van der Waals surface area contributed by atoms with E-state index in [4.69, 9.17) is 0 Å². The second kappa shape index (κ2) is 4.92. The summed E-state index contributed by atoms with van der Waals surface area (Å²) in [4.78, 5) is 15.5. The number of allylic oxidation sites excluding steroid dienone is 1. The number of aromatic amines is 1. The molecular formula is C11H16N4O. The minimum absolute atomic E-state index is 0.206. The fraction of sp³-hybridized carbons (Fsp3) is 0.545. The summed E-state index contributed by atoms with van der Waals surface area (Å²) in [5.41, 5.74) is 1.45. The molecule has 1 aromatic rings. The SMILES string of the molecule is Cc1nc(C(=O)NCCC2=CCCC2)n[nH]1. The zero-order chi connectivity index (χ0) is 11.4. The summed E-state index contributed by atoms with van der Waals surface area (Å²) in [6.07, 6.45) is 6.82. The first-order valence-corrected chi connectivity index (χ1v) is 5.61. The van der Waals surface area contributed by atoms with Crippen molar-refractivity contribution in [2.45, 2.75) is 32.6 Å². The molecule has 0 saturated heterocycles. The van der Waals surface area contributed by atoms with Gasteiger partial charge in [0.05, 0.1) is 0 Å². The smallest absolute Gasteiger partial charge is 0.290 e. The standard InChI is InChI=1S/C11H16N4O/c1-8-13-10(15-14-8)11(16)12-7-6-9-4-2-3-5-9/h4H,2-3,5-7H2,1H3,(H,12,16)(H,13,14,15). The Hall–Kier alpha value is -1.65.